The van der Waals surface area contributed by atoms with Crippen molar-refractivity contribution in [2.75, 3.05) is 5.75 Å². The van der Waals surface area contributed by atoms with Crippen molar-refractivity contribution in [1.29, 1.82) is 0 Å². The minimum atomic E-state index is -3.62. The highest BCUT2D eigenvalue weighted by Gasteiger charge is 2.57. The quantitative estimate of drug-likeness (QED) is 0.813. The van der Waals surface area contributed by atoms with E-state index in [1.807, 2.05) is 23.9 Å². The molecule has 0 saturated heterocycles. The van der Waals surface area contributed by atoms with E-state index in [-0.39, 0.29) is 10.3 Å². The van der Waals surface area contributed by atoms with Crippen molar-refractivity contribution in [3.8, 4) is 0 Å². The van der Waals surface area contributed by atoms with Gasteiger partial charge in [0.15, 0.2) is 0 Å². The summed E-state index contributed by atoms with van der Waals surface area (Å²) in [7, 11) is -3.62. The van der Waals surface area contributed by atoms with Crippen LogP contribution in [-0.2, 0) is 10.0 Å². The highest BCUT2D eigenvalue weighted by Crippen LogP contribution is 2.65. The van der Waals surface area contributed by atoms with Crippen LogP contribution in [0.1, 0.15) is 30.9 Å². The number of sulfonamides is 1. The molecule has 1 fully saturated rings. The van der Waals surface area contributed by atoms with Gasteiger partial charge >= 0.3 is 0 Å². The Morgan fingerprint density at radius 3 is 2.17 bits per heavy atom. The van der Waals surface area contributed by atoms with Crippen molar-refractivity contribution in [3.05, 3.63) is 59.7 Å². The first kappa shape index (κ1) is 17.5. The molecule has 0 aromatic heterocycles. The molecule has 2 aromatic carbocycles. The molecule has 2 atom stereocenters. The molecule has 1 aliphatic rings. The maximum Gasteiger partial charge on any atom is 0.238 e. The van der Waals surface area contributed by atoms with Gasteiger partial charge in [0.05, 0.1) is 4.90 Å². The SMILES string of the molecule is Cc1ccc(SC[C@@H]2[C@@H](c3ccc(S(N)(=O)=O)cc3)C2(C)C)cc1. The third kappa shape index (κ3) is 3.53. The van der Waals surface area contributed by atoms with E-state index in [2.05, 4.69) is 45.0 Å². The minimum absolute atomic E-state index is 0.176. The Bertz CT molecular complexity index is 825. The van der Waals surface area contributed by atoms with Crippen LogP contribution in [0, 0.1) is 18.3 Å². The van der Waals surface area contributed by atoms with Gasteiger partial charge in [0.25, 0.3) is 0 Å². The highest BCUT2D eigenvalue weighted by molar-refractivity contribution is 7.99. The van der Waals surface area contributed by atoms with Gasteiger partial charge in [-0.25, -0.2) is 13.6 Å². The number of rotatable bonds is 5. The molecule has 0 spiro atoms. The van der Waals surface area contributed by atoms with Crippen molar-refractivity contribution in [2.24, 2.45) is 16.5 Å². The normalized spacial score (nSPS) is 22.3. The van der Waals surface area contributed by atoms with Crippen LogP contribution in [0.4, 0.5) is 0 Å². The van der Waals surface area contributed by atoms with E-state index in [1.165, 1.54) is 16.0 Å². The van der Waals surface area contributed by atoms with E-state index >= 15 is 0 Å². The third-order valence-corrected chi connectivity index (χ3v) is 7.13. The van der Waals surface area contributed by atoms with Crippen molar-refractivity contribution in [1.82, 2.24) is 0 Å². The lowest BCUT2D eigenvalue weighted by atomic mass is 10.0. The lowest BCUT2D eigenvalue weighted by molar-refractivity contribution is 0.578. The molecule has 0 radical (unpaired) electrons. The van der Waals surface area contributed by atoms with E-state index in [4.69, 9.17) is 5.14 Å². The largest absolute Gasteiger partial charge is 0.238 e. The number of primary sulfonamides is 1. The zero-order valence-electron chi connectivity index (χ0n) is 14.2. The van der Waals surface area contributed by atoms with Gasteiger partial charge < -0.3 is 0 Å². The molecule has 128 valence electrons. The molecule has 0 heterocycles. The molecular formula is C19H23NO2S2. The molecule has 24 heavy (non-hydrogen) atoms. The van der Waals surface area contributed by atoms with Gasteiger partial charge in [-0.3, -0.25) is 0 Å². The Balaban J connectivity index is 1.69. The number of hydrogen-bond acceptors (Lipinski definition) is 3. The van der Waals surface area contributed by atoms with Crippen molar-refractivity contribution in [2.45, 2.75) is 36.5 Å². The summed E-state index contributed by atoms with van der Waals surface area (Å²) >= 11 is 1.89. The fourth-order valence-corrected chi connectivity index (χ4v) is 5.24. The van der Waals surface area contributed by atoms with Crippen LogP contribution in [0.25, 0.3) is 0 Å². The van der Waals surface area contributed by atoms with Crippen LogP contribution in [-0.4, -0.2) is 14.2 Å². The number of thioether (sulfide) groups is 1. The molecule has 2 N–H and O–H groups in total. The monoisotopic (exact) mass is 361 g/mol. The summed E-state index contributed by atoms with van der Waals surface area (Å²) in [5.41, 5.74) is 2.71. The van der Waals surface area contributed by atoms with E-state index < -0.39 is 10.0 Å². The molecule has 2 aromatic rings. The summed E-state index contributed by atoms with van der Waals surface area (Å²) in [6, 6.07) is 15.7. The van der Waals surface area contributed by atoms with Crippen molar-refractivity contribution < 1.29 is 8.42 Å². The first-order valence-corrected chi connectivity index (χ1v) is 10.5. The molecule has 1 saturated carbocycles. The standard InChI is InChI=1S/C19H23NO2S2/c1-13-4-8-15(9-5-13)23-12-17-18(19(17,2)3)14-6-10-16(11-7-14)24(20,21)22/h4-11,17-18H,12H2,1-3H3,(H2,20,21,22)/t17-,18-/m1/s1. The predicted molar refractivity (Wildman–Crippen MR) is 99.7 cm³/mol. The Morgan fingerprint density at radius 1 is 1.04 bits per heavy atom. The van der Waals surface area contributed by atoms with Gasteiger partial charge in [-0.05, 0) is 54.0 Å². The Hall–Kier alpha value is -1.30. The third-order valence-electron chi connectivity index (χ3n) is 5.07. The second kappa shape index (κ2) is 6.21. The van der Waals surface area contributed by atoms with Gasteiger partial charge in [-0.15, -0.1) is 11.8 Å². The number of aryl methyl sites for hydroxylation is 1. The molecule has 0 unspecified atom stereocenters. The van der Waals surface area contributed by atoms with Crippen molar-refractivity contribution in [3.63, 3.8) is 0 Å². The maximum absolute atomic E-state index is 11.4. The van der Waals surface area contributed by atoms with E-state index in [0.29, 0.717) is 11.8 Å². The predicted octanol–water partition coefficient (Wildman–Crippen LogP) is 4.17. The van der Waals surface area contributed by atoms with Gasteiger partial charge in [-0.1, -0.05) is 43.7 Å². The lowest BCUT2D eigenvalue weighted by Gasteiger charge is -2.04. The summed E-state index contributed by atoms with van der Waals surface area (Å²) in [6.07, 6.45) is 0. The van der Waals surface area contributed by atoms with Gasteiger partial charge in [0.1, 0.15) is 0 Å². The second-order valence-electron chi connectivity index (χ2n) is 7.14. The molecule has 0 aliphatic heterocycles. The van der Waals surface area contributed by atoms with Crippen LogP contribution in [0.3, 0.4) is 0 Å². The zero-order chi connectivity index (χ0) is 17.5. The number of hydrogen-bond donors (Lipinski definition) is 1. The van der Waals surface area contributed by atoms with Gasteiger partial charge in [0, 0.05) is 10.6 Å². The molecule has 5 heteroatoms. The summed E-state index contributed by atoms with van der Waals surface area (Å²) < 4.78 is 22.8. The Labute approximate surface area is 148 Å². The summed E-state index contributed by atoms with van der Waals surface area (Å²) in [5, 5.41) is 5.17. The molecular weight excluding hydrogens is 338 g/mol. The fraction of sp³-hybridized carbons (Fsp3) is 0.368. The summed E-state index contributed by atoms with van der Waals surface area (Å²) in [6.45, 7) is 6.66. The average Bonchev–Trinajstić information content (AvgIpc) is 3.07. The first-order valence-electron chi connectivity index (χ1n) is 8.02. The van der Waals surface area contributed by atoms with Crippen LogP contribution in [0.5, 0.6) is 0 Å². The van der Waals surface area contributed by atoms with Crippen molar-refractivity contribution >= 4 is 21.8 Å². The van der Waals surface area contributed by atoms with Crippen LogP contribution in [0.15, 0.2) is 58.3 Å². The molecule has 0 bridgehead atoms. The van der Waals surface area contributed by atoms with Crippen LogP contribution < -0.4 is 5.14 Å². The van der Waals surface area contributed by atoms with E-state index in [0.717, 1.165) is 5.75 Å². The average molecular weight is 362 g/mol. The molecule has 1 aliphatic carbocycles. The topological polar surface area (TPSA) is 60.2 Å². The number of nitrogens with two attached hydrogens (primary N) is 1. The molecule has 3 nitrogen and oxygen atoms in total. The lowest BCUT2D eigenvalue weighted by Crippen LogP contribution is -2.11. The smallest absolute Gasteiger partial charge is 0.225 e. The van der Waals surface area contributed by atoms with Gasteiger partial charge in [-0.2, -0.15) is 0 Å². The first-order chi connectivity index (χ1) is 11.2. The molecule has 0 amide bonds. The van der Waals surface area contributed by atoms with Crippen LogP contribution in [0.2, 0.25) is 0 Å². The number of benzene rings is 2. The molecule has 3 rings (SSSR count). The zero-order valence-corrected chi connectivity index (χ0v) is 15.8. The van der Waals surface area contributed by atoms with Gasteiger partial charge in [0.2, 0.25) is 10.0 Å². The fourth-order valence-electron chi connectivity index (χ4n) is 3.40. The summed E-state index contributed by atoms with van der Waals surface area (Å²) in [4.78, 5) is 1.47. The highest BCUT2D eigenvalue weighted by atomic mass is 32.2. The van der Waals surface area contributed by atoms with Crippen LogP contribution >= 0.6 is 11.8 Å². The minimum Gasteiger partial charge on any atom is -0.225 e. The van der Waals surface area contributed by atoms with E-state index in [9.17, 15) is 8.42 Å². The van der Waals surface area contributed by atoms with E-state index in [1.54, 1.807) is 12.1 Å². The second-order valence-corrected chi connectivity index (χ2v) is 9.80. The Kier molecular flexibility index (Phi) is 4.53. The Morgan fingerprint density at radius 2 is 1.62 bits per heavy atom. The summed E-state index contributed by atoms with van der Waals surface area (Å²) in [5.74, 6) is 2.12. The maximum atomic E-state index is 11.4.